The smallest absolute Gasteiger partial charge is 0.255 e. The zero-order chi connectivity index (χ0) is 28.2. The number of hydrazone groups is 1. The van der Waals surface area contributed by atoms with E-state index in [1.165, 1.54) is 12.5 Å². The van der Waals surface area contributed by atoms with Crippen molar-refractivity contribution in [1.82, 2.24) is 14.8 Å². The first-order valence-corrected chi connectivity index (χ1v) is 13.9. The number of nitrogens with one attached hydrogen (secondary N) is 1. The second-order valence-corrected chi connectivity index (χ2v) is 11.7. The number of likely N-dealkylation sites (tertiary alicyclic amines) is 1. The van der Waals surface area contributed by atoms with E-state index in [0.29, 0.717) is 30.4 Å². The molecule has 1 aliphatic carbocycles. The SMILES string of the molecule is CC(=O)Nc1cc(C2=NN3C(c4ccc(N)cc4)=CC4(C)CC4=C3C=C2)ccc1C(=O)N1CCC(N(C)C)CC1. The predicted molar refractivity (Wildman–Crippen MR) is 159 cm³/mol. The Balaban J connectivity index is 1.32. The fourth-order valence-corrected chi connectivity index (χ4v) is 5.99. The average Bonchev–Trinajstić information content (AvgIpc) is 3.64. The highest BCUT2D eigenvalue weighted by molar-refractivity contribution is 6.12. The van der Waals surface area contributed by atoms with Gasteiger partial charge in [-0.1, -0.05) is 25.1 Å². The number of carbonyl (C=O) groups excluding carboxylic acids is 2. The number of nitrogens with two attached hydrogens (primary N) is 1. The minimum Gasteiger partial charge on any atom is -0.399 e. The summed E-state index contributed by atoms with van der Waals surface area (Å²) in [5.41, 5.74) is 13.9. The van der Waals surface area contributed by atoms with Gasteiger partial charge in [-0.3, -0.25) is 9.59 Å². The van der Waals surface area contributed by atoms with Crippen LogP contribution in [0.4, 0.5) is 11.4 Å². The summed E-state index contributed by atoms with van der Waals surface area (Å²) in [6.07, 6.45) is 9.32. The number of nitrogen functional groups attached to an aromatic ring is 1. The number of allylic oxidation sites excluding steroid dienone is 4. The maximum Gasteiger partial charge on any atom is 0.255 e. The molecule has 8 heteroatoms. The van der Waals surface area contributed by atoms with Gasteiger partial charge < -0.3 is 20.9 Å². The van der Waals surface area contributed by atoms with Crippen LogP contribution in [-0.2, 0) is 4.79 Å². The van der Waals surface area contributed by atoms with Crippen molar-refractivity contribution in [2.24, 2.45) is 10.5 Å². The number of nitrogens with zero attached hydrogens (tertiary/aromatic N) is 4. The van der Waals surface area contributed by atoms with Crippen molar-refractivity contribution < 1.29 is 9.59 Å². The highest BCUT2D eigenvalue weighted by atomic mass is 16.2. The van der Waals surface area contributed by atoms with Crippen molar-refractivity contribution in [3.05, 3.63) is 88.7 Å². The summed E-state index contributed by atoms with van der Waals surface area (Å²) in [6, 6.07) is 14.0. The summed E-state index contributed by atoms with van der Waals surface area (Å²) < 4.78 is 0. The van der Waals surface area contributed by atoms with Crippen LogP contribution in [-0.4, -0.2) is 65.6 Å². The van der Waals surface area contributed by atoms with Gasteiger partial charge in [0.25, 0.3) is 5.91 Å². The van der Waals surface area contributed by atoms with E-state index in [1.807, 2.05) is 58.4 Å². The molecule has 0 spiro atoms. The normalized spacial score (nSPS) is 22.0. The molecule has 206 valence electrons. The van der Waals surface area contributed by atoms with Crippen LogP contribution in [0.2, 0.25) is 0 Å². The van der Waals surface area contributed by atoms with Crippen molar-refractivity contribution in [3.8, 4) is 0 Å². The van der Waals surface area contributed by atoms with Gasteiger partial charge in [-0.15, -0.1) is 0 Å². The van der Waals surface area contributed by atoms with Crippen LogP contribution in [0, 0.1) is 5.41 Å². The Bertz CT molecular complexity index is 1510. The van der Waals surface area contributed by atoms with Crippen molar-refractivity contribution >= 4 is 34.6 Å². The van der Waals surface area contributed by atoms with Gasteiger partial charge in [0.1, 0.15) is 0 Å². The van der Waals surface area contributed by atoms with Crippen LogP contribution in [0.5, 0.6) is 0 Å². The van der Waals surface area contributed by atoms with Gasteiger partial charge in [0, 0.05) is 48.3 Å². The Morgan fingerprint density at radius 2 is 1.75 bits per heavy atom. The molecule has 2 aromatic rings. The van der Waals surface area contributed by atoms with Crippen molar-refractivity contribution in [2.75, 3.05) is 38.2 Å². The predicted octanol–water partition coefficient (Wildman–Crippen LogP) is 4.69. The van der Waals surface area contributed by atoms with E-state index in [9.17, 15) is 9.59 Å². The van der Waals surface area contributed by atoms with E-state index in [2.05, 4.69) is 43.4 Å². The molecule has 8 nitrogen and oxygen atoms in total. The zero-order valence-corrected chi connectivity index (χ0v) is 23.6. The van der Waals surface area contributed by atoms with E-state index in [1.54, 1.807) is 0 Å². The fourth-order valence-electron chi connectivity index (χ4n) is 5.99. The van der Waals surface area contributed by atoms with Crippen LogP contribution >= 0.6 is 0 Å². The molecule has 2 amide bonds. The number of rotatable bonds is 5. The Kier molecular flexibility index (Phi) is 6.38. The lowest BCUT2D eigenvalue weighted by molar-refractivity contribution is -0.114. The lowest BCUT2D eigenvalue weighted by Crippen LogP contribution is -2.44. The first-order chi connectivity index (χ1) is 19.1. The number of fused-ring (bicyclic) bond motifs is 2. The first-order valence-electron chi connectivity index (χ1n) is 13.9. The number of hydrogen-bond donors (Lipinski definition) is 2. The number of piperidine rings is 1. The Morgan fingerprint density at radius 3 is 2.42 bits per heavy atom. The third kappa shape index (κ3) is 4.73. The molecule has 0 radical (unpaired) electrons. The molecule has 1 unspecified atom stereocenters. The molecule has 4 aliphatic rings. The standard InChI is InChI=1S/C32H36N6O2/c1-20(39)34-28-17-22(7-10-25(28)31(40)37-15-13-24(14-16-37)36(3)4)27-11-12-29-26-18-32(26,2)19-30(38(29)35-27)21-5-8-23(33)9-6-21/h5-12,17,19,24H,13-16,18,33H2,1-4H3,(H,34,39). The maximum atomic E-state index is 13.5. The van der Waals surface area contributed by atoms with Gasteiger partial charge >= 0.3 is 0 Å². The second-order valence-electron chi connectivity index (χ2n) is 11.7. The van der Waals surface area contributed by atoms with Crippen LogP contribution in [0.1, 0.15) is 54.6 Å². The molecular weight excluding hydrogens is 500 g/mol. The van der Waals surface area contributed by atoms with Crippen molar-refractivity contribution in [3.63, 3.8) is 0 Å². The molecule has 1 saturated carbocycles. The third-order valence-corrected chi connectivity index (χ3v) is 8.48. The Hall–Kier alpha value is -4.17. The van der Waals surface area contributed by atoms with Gasteiger partial charge in [0.05, 0.1) is 28.4 Å². The van der Waals surface area contributed by atoms with Gasteiger partial charge in [-0.2, -0.15) is 5.10 Å². The molecule has 6 rings (SSSR count). The van der Waals surface area contributed by atoms with Crippen LogP contribution in [0.25, 0.3) is 5.70 Å². The number of anilines is 2. The molecule has 2 aromatic carbocycles. The zero-order valence-electron chi connectivity index (χ0n) is 23.6. The van der Waals surface area contributed by atoms with E-state index in [4.69, 9.17) is 10.8 Å². The molecule has 0 bridgehead atoms. The highest BCUT2D eigenvalue weighted by Gasteiger charge is 2.49. The summed E-state index contributed by atoms with van der Waals surface area (Å²) in [6.45, 7) is 5.12. The molecule has 1 saturated heterocycles. The molecular formula is C32H36N6O2. The third-order valence-electron chi connectivity index (χ3n) is 8.48. The highest BCUT2D eigenvalue weighted by Crippen LogP contribution is 2.60. The van der Waals surface area contributed by atoms with Crippen LogP contribution in [0.3, 0.4) is 0 Å². The van der Waals surface area contributed by atoms with Gasteiger partial charge in [0.15, 0.2) is 0 Å². The summed E-state index contributed by atoms with van der Waals surface area (Å²) in [7, 11) is 4.17. The summed E-state index contributed by atoms with van der Waals surface area (Å²) in [5, 5.41) is 9.97. The molecule has 1 atom stereocenters. The molecule has 3 aliphatic heterocycles. The number of benzene rings is 2. The minimum absolute atomic E-state index is 0.0571. The summed E-state index contributed by atoms with van der Waals surface area (Å²) in [4.78, 5) is 29.8. The van der Waals surface area contributed by atoms with E-state index in [-0.39, 0.29) is 17.2 Å². The minimum atomic E-state index is -0.219. The summed E-state index contributed by atoms with van der Waals surface area (Å²) >= 11 is 0. The van der Waals surface area contributed by atoms with Gasteiger partial charge in [0.2, 0.25) is 5.91 Å². The summed E-state index contributed by atoms with van der Waals surface area (Å²) in [5.74, 6) is -0.276. The van der Waals surface area contributed by atoms with Crippen molar-refractivity contribution in [2.45, 2.75) is 39.2 Å². The Labute approximate surface area is 235 Å². The van der Waals surface area contributed by atoms with Crippen LogP contribution < -0.4 is 11.1 Å². The first kappa shape index (κ1) is 26.1. The molecule has 3 heterocycles. The quantitative estimate of drug-likeness (QED) is 0.541. The second kappa shape index (κ2) is 9.78. The maximum absolute atomic E-state index is 13.5. The van der Waals surface area contributed by atoms with Crippen molar-refractivity contribution in [1.29, 1.82) is 0 Å². The molecule has 2 fully saturated rings. The number of carbonyl (C=O) groups is 2. The van der Waals surface area contributed by atoms with Crippen LogP contribution in [0.15, 0.2) is 77.1 Å². The number of amides is 2. The molecule has 3 N–H and O–H groups in total. The van der Waals surface area contributed by atoms with Gasteiger partial charge in [-0.25, -0.2) is 5.01 Å². The monoisotopic (exact) mass is 536 g/mol. The van der Waals surface area contributed by atoms with E-state index < -0.39 is 0 Å². The molecule has 0 aromatic heterocycles. The number of hydrogen-bond acceptors (Lipinski definition) is 6. The van der Waals surface area contributed by atoms with Gasteiger partial charge in [-0.05, 0) is 81.4 Å². The Morgan fingerprint density at radius 1 is 1.05 bits per heavy atom. The fraction of sp³-hybridized carbons (Fsp3) is 0.344. The lowest BCUT2D eigenvalue weighted by Gasteiger charge is -2.35. The lowest BCUT2D eigenvalue weighted by atomic mass is 9.97. The molecule has 40 heavy (non-hydrogen) atoms. The van der Waals surface area contributed by atoms with E-state index >= 15 is 0 Å². The topological polar surface area (TPSA) is 94.3 Å². The average molecular weight is 537 g/mol. The van der Waals surface area contributed by atoms with E-state index in [0.717, 1.165) is 53.2 Å². The largest absolute Gasteiger partial charge is 0.399 e.